The van der Waals surface area contributed by atoms with E-state index in [0.29, 0.717) is 5.76 Å². The van der Waals surface area contributed by atoms with Gasteiger partial charge in [-0.3, -0.25) is 4.79 Å². The molecule has 2 atom stereocenters. The fourth-order valence-electron chi connectivity index (χ4n) is 1.07. The van der Waals surface area contributed by atoms with Gasteiger partial charge in [-0.15, -0.1) is 0 Å². The van der Waals surface area contributed by atoms with Gasteiger partial charge in [-0.1, -0.05) is 0 Å². The van der Waals surface area contributed by atoms with E-state index in [1.54, 1.807) is 12.1 Å². The number of carbonyl (C=O) groups is 1. The predicted molar refractivity (Wildman–Crippen MR) is 35.6 cm³/mol. The summed E-state index contributed by atoms with van der Waals surface area (Å²) in [6.45, 7) is 0. The Bertz CT molecular complexity index is 267. The summed E-state index contributed by atoms with van der Waals surface area (Å²) in [4.78, 5) is 10.5. The Labute approximate surface area is 62.8 Å². The van der Waals surface area contributed by atoms with Gasteiger partial charge in [0.15, 0.2) is 6.10 Å². The largest absolute Gasteiger partial charge is 0.467 e. The van der Waals surface area contributed by atoms with Crippen molar-refractivity contribution in [2.45, 2.75) is 12.1 Å². The molecule has 4 nitrogen and oxygen atoms in total. The van der Waals surface area contributed by atoms with Gasteiger partial charge in [0.05, 0.1) is 6.26 Å². The quantitative estimate of drug-likeness (QED) is 0.550. The smallest absolute Gasteiger partial charge is 0.252 e. The van der Waals surface area contributed by atoms with Crippen molar-refractivity contribution < 1.29 is 14.3 Å². The van der Waals surface area contributed by atoms with E-state index in [2.05, 4.69) is 5.32 Å². The average Bonchev–Trinajstić information content (AvgIpc) is 2.51. The molecule has 2 N–H and O–H groups in total. The molecule has 2 rings (SSSR count). The molecule has 11 heavy (non-hydrogen) atoms. The summed E-state index contributed by atoms with van der Waals surface area (Å²) in [5.41, 5.74) is 0. The van der Waals surface area contributed by atoms with Gasteiger partial charge >= 0.3 is 0 Å². The number of aliphatic hydroxyl groups is 1. The first kappa shape index (κ1) is 6.42. The zero-order valence-corrected chi connectivity index (χ0v) is 5.65. The molecule has 0 aromatic carbocycles. The highest BCUT2D eigenvalue weighted by molar-refractivity contribution is 5.88. The molecular weight excluding hydrogens is 146 g/mol. The van der Waals surface area contributed by atoms with Crippen LogP contribution in [0, 0.1) is 0 Å². The minimum Gasteiger partial charge on any atom is -0.467 e. The topological polar surface area (TPSA) is 62.5 Å². The molecule has 1 fully saturated rings. The van der Waals surface area contributed by atoms with Crippen LogP contribution in [0.25, 0.3) is 0 Å². The van der Waals surface area contributed by atoms with Crippen molar-refractivity contribution in [3.63, 3.8) is 0 Å². The van der Waals surface area contributed by atoms with Crippen LogP contribution in [0.4, 0.5) is 0 Å². The van der Waals surface area contributed by atoms with Gasteiger partial charge in [0.25, 0.3) is 5.91 Å². The third kappa shape index (κ3) is 0.832. The van der Waals surface area contributed by atoms with Crippen LogP contribution in [0.2, 0.25) is 0 Å². The molecule has 58 valence electrons. The highest BCUT2D eigenvalue weighted by Gasteiger charge is 2.40. The molecule has 0 radical (unpaired) electrons. The number of carbonyl (C=O) groups excluding carboxylic acids is 1. The highest BCUT2D eigenvalue weighted by atomic mass is 16.3. The molecule has 1 amide bonds. The molecule has 1 aromatic heterocycles. The Balaban J connectivity index is 2.15. The van der Waals surface area contributed by atoms with Crippen LogP contribution in [0.1, 0.15) is 11.8 Å². The maximum absolute atomic E-state index is 10.5. The monoisotopic (exact) mass is 153 g/mol. The third-order valence-electron chi connectivity index (χ3n) is 1.73. The first-order valence-electron chi connectivity index (χ1n) is 3.31. The van der Waals surface area contributed by atoms with Gasteiger partial charge < -0.3 is 14.8 Å². The van der Waals surface area contributed by atoms with Crippen molar-refractivity contribution in [2.75, 3.05) is 0 Å². The van der Waals surface area contributed by atoms with Crippen molar-refractivity contribution in [1.29, 1.82) is 0 Å². The molecule has 0 aliphatic carbocycles. The molecule has 2 heterocycles. The Kier molecular flexibility index (Phi) is 1.22. The summed E-state index contributed by atoms with van der Waals surface area (Å²) >= 11 is 0. The Morgan fingerprint density at radius 3 is 2.91 bits per heavy atom. The predicted octanol–water partition coefficient (Wildman–Crippen LogP) is -0.189. The van der Waals surface area contributed by atoms with Gasteiger partial charge in [-0.05, 0) is 12.1 Å². The molecular formula is C7H7NO3. The van der Waals surface area contributed by atoms with Crippen LogP contribution in [-0.4, -0.2) is 17.1 Å². The standard InChI is InChI=1S/C7H7NO3/c9-6-5(8-7(6)10)4-2-1-3-11-4/h1-3,5-6,9H,(H,8,10)/t5?,6-/m1/s1. The first-order chi connectivity index (χ1) is 5.29. The summed E-state index contributed by atoms with van der Waals surface area (Å²) in [7, 11) is 0. The number of aliphatic hydroxyl groups excluding tert-OH is 1. The van der Waals surface area contributed by atoms with Crippen molar-refractivity contribution in [2.24, 2.45) is 0 Å². The van der Waals surface area contributed by atoms with Gasteiger partial charge in [-0.25, -0.2) is 0 Å². The van der Waals surface area contributed by atoms with E-state index in [-0.39, 0.29) is 11.9 Å². The molecule has 0 spiro atoms. The zero-order chi connectivity index (χ0) is 7.84. The molecule has 1 aromatic rings. The Morgan fingerprint density at radius 1 is 1.64 bits per heavy atom. The van der Waals surface area contributed by atoms with Crippen LogP contribution < -0.4 is 5.32 Å². The molecule has 0 saturated carbocycles. The SMILES string of the molecule is O=C1NC(c2ccco2)[C@H]1O. The van der Waals surface area contributed by atoms with E-state index >= 15 is 0 Å². The number of furan rings is 1. The maximum atomic E-state index is 10.5. The van der Waals surface area contributed by atoms with E-state index in [1.807, 2.05) is 0 Å². The molecule has 0 bridgehead atoms. The normalized spacial score (nSPS) is 29.4. The summed E-state index contributed by atoms with van der Waals surface area (Å²) in [6.07, 6.45) is 0.563. The van der Waals surface area contributed by atoms with Gasteiger partial charge in [0.2, 0.25) is 0 Å². The lowest BCUT2D eigenvalue weighted by atomic mass is 10.0. The van der Waals surface area contributed by atoms with E-state index in [4.69, 9.17) is 9.52 Å². The molecule has 1 saturated heterocycles. The summed E-state index contributed by atoms with van der Waals surface area (Å²) < 4.78 is 4.98. The van der Waals surface area contributed by atoms with Crippen molar-refractivity contribution >= 4 is 5.91 Å². The van der Waals surface area contributed by atoms with Gasteiger partial charge in [-0.2, -0.15) is 0 Å². The summed E-state index contributed by atoms with van der Waals surface area (Å²) in [5, 5.41) is 11.6. The minimum atomic E-state index is -0.943. The van der Waals surface area contributed by atoms with Crippen LogP contribution in [0.5, 0.6) is 0 Å². The summed E-state index contributed by atoms with van der Waals surface area (Å²) in [5.74, 6) is 0.253. The van der Waals surface area contributed by atoms with E-state index in [9.17, 15) is 4.79 Å². The lowest BCUT2D eigenvalue weighted by molar-refractivity contribution is -0.143. The third-order valence-corrected chi connectivity index (χ3v) is 1.73. The van der Waals surface area contributed by atoms with Crippen molar-refractivity contribution in [1.82, 2.24) is 5.32 Å². The van der Waals surface area contributed by atoms with Crippen molar-refractivity contribution in [3.05, 3.63) is 24.2 Å². The second-order valence-corrected chi connectivity index (χ2v) is 2.45. The Morgan fingerprint density at radius 2 is 2.45 bits per heavy atom. The number of β-lactam (4-membered cyclic amide) rings is 1. The van der Waals surface area contributed by atoms with Crippen LogP contribution in [0.3, 0.4) is 0 Å². The zero-order valence-electron chi connectivity index (χ0n) is 5.65. The second kappa shape index (κ2) is 2.10. The average molecular weight is 153 g/mol. The van der Waals surface area contributed by atoms with Gasteiger partial charge in [0, 0.05) is 0 Å². The number of hydrogen-bond acceptors (Lipinski definition) is 3. The number of amides is 1. The van der Waals surface area contributed by atoms with Gasteiger partial charge in [0.1, 0.15) is 11.8 Å². The van der Waals surface area contributed by atoms with E-state index in [1.165, 1.54) is 6.26 Å². The van der Waals surface area contributed by atoms with Crippen LogP contribution in [0.15, 0.2) is 22.8 Å². The number of nitrogens with one attached hydrogen (secondary N) is 1. The van der Waals surface area contributed by atoms with Crippen molar-refractivity contribution in [3.8, 4) is 0 Å². The number of hydrogen-bond donors (Lipinski definition) is 2. The summed E-state index contributed by atoms with van der Waals surface area (Å²) in [6, 6.07) is 3.08. The van der Waals surface area contributed by atoms with E-state index in [0.717, 1.165) is 0 Å². The highest BCUT2D eigenvalue weighted by Crippen LogP contribution is 2.24. The van der Waals surface area contributed by atoms with E-state index < -0.39 is 6.10 Å². The van der Waals surface area contributed by atoms with Crippen LogP contribution in [-0.2, 0) is 4.79 Å². The molecule has 1 aliphatic heterocycles. The molecule has 1 unspecified atom stereocenters. The lowest BCUT2D eigenvalue weighted by Gasteiger charge is -2.30. The molecule has 1 aliphatic rings. The lowest BCUT2D eigenvalue weighted by Crippen LogP contribution is -2.55. The first-order valence-corrected chi connectivity index (χ1v) is 3.31. The Hall–Kier alpha value is -1.29. The minimum absolute atomic E-state index is 0.341. The number of rotatable bonds is 1. The molecule has 4 heteroatoms. The maximum Gasteiger partial charge on any atom is 0.252 e. The fraction of sp³-hybridized carbons (Fsp3) is 0.286. The fourth-order valence-corrected chi connectivity index (χ4v) is 1.07. The van der Waals surface area contributed by atoms with Crippen LogP contribution >= 0.6 is 0 Å². The second-order valence-electron chi connectivity index (χ2n) is 2.45.